The maximum absolute atomic E-state index is 12.2. The van der Waals surface area contributed by atoms with Crippen molar-refractivity contribution in [2.24, 2.45) is 0 Å². The highest BCUT2D eigenvalue weighted by Gasteiger charge is 2.15. The highest BCUT2D eigenvalue weighted by Crippen LogP contribution is 2.18. The summed E-state index contributed by atoms with van der Waals surface area (Å²) >= 11 is 0. The summed E-state index contributed by atoms with van der Waals surface area (Å²) in [5.41, 5.74) is 9.31. The van der Waals surface area contributed by atoms with E-state index in [-0.39, 0.29) is 11.9 Å². The molecule has 0 heterocycles. The van der Waals surface area contributed by atoms with Crippen LogP contribution in [-0.4, -0.2) is 31.4 Å². The van der Waals surface area contributed by atoms with Gasteiger partial charge in [-0.15, -0.1) is 0 Å². The van der Waals surface area contributed by atoms with Crippen LogP contribution in [0.2, 0.25) is 0 Å². The monoisotopic (exact) mass is 297 g/mol. The topological polar surface area (TPSA) is 58.4 Å². The Morgan fingerprint density at radius 1 is 1.18 bits per heavy atom. The van der Waals surface area contributed by atoms with Crippen LogP contribution in [0.3, 0.4) is 0 Å². The molecule has 0 saturated heterocycles. The number of hydrogen-bond acceptors (Lipinski definition) is 3. The second kappa shape index (κ2) is 7.09. The third-order valence-corrected chi connectivity index (χ3v) is 3.69. The summed E-state index contributed by atoms with van der Waals surface area (Å²) in [6.45, 7) is 2.61. The van der Waals surface area contributed by atoms with E-state index < -0.39 is 0 Å². The largest absolute Gasteiger partial charge is 0.399 e. The average Bonchev–Trinajstić information content (AvgIpc) is 2.48. The Morgan fingerprint density at radius 2 is 1.86 bits per heavy atom. The molecule has 2 aromatic rings. The molecule has 0 bridgehead atoms. The number of likely N-dealkylation sites (N-methyl/N-ethyl adjacent to an activating group) is 1. The van der Waals surface area contributed by atoms with Crippen LogP contribution < -0.4 is 11.1 Å². The minimum atomic E-state index is -0.105. The van der Waals surface area contributed by atoms with Crippen molar-refractivity contribution in [1.29, 1.82) is 0 Å². The maximum atomic E-state index is 12.2. The van der Waals surface area contributed by atoms with Crippen LogP contribution in [0, 0.1) is 6.92 Å². The Hall–Kier alpha value is -2.33. The van der Waals surface area contributed by atoms with Crippen molar-refractivity contribution in [2.45, 2.75) is 13.0 Å². The molecule has 1 atom stereocenters. The molecule has 0 aromatic heterocycles. The molecule has 1 amide bonds. The fourth-order valence-corrected chi connectivity index (χ4v) is 2.36. The number of hydrogen-bond donors (Lipinski definition) is 2. The predicted octanol–water partition coefficient (Wildman–Crippen LogP) is 2.61. The van der Waals surface area contributed by atoms with Crippen LogP contribution in [0.4, 0.5) is 5.69 Å². The number of carbonyl (C=O) groups excluding carboxylic acids is 1. The molecular formula is C18H23N3O. The highest BCUT2D eigenvalue weighted by atomic mass is 16.1. The smallest absolute Gasteiger partial charge is 0.251 e. The van der Waals surface area contributed by atoms with Gasteiger partial charge in [-0.3, -0.25) is 4.79 Å². The Morgan fingerprint density at radius 3 is 2.45 bits per heavy atom. The summed E-state index contributed by atoms with van der Waals surface area (Å²) in [7, 11) is 4.02. The molecule has 0 saturated carbocycles. The summed E-state index contributed by atoms with van der Waals surface area (Å²) in [6, 6.07) is 15.5. The summed E-state index contributed by atoms with van der Waals surface area (Å²) in [4.78, 5) is 14.3. The van der Waals surface area contributed by atoms with E-state index in [1.54, 1.807) is 24.3 Å². The summed E-state index contributed by atoms with van der Waals surface area (Å²) in [5, 5.41) is 2.98. The van der Waals surface area contributed by atoms with Crippen molar-refractivity contribution in [3.63, 3.8) is 0 Å². The Bertz CT molecular complexity index is 635. The molecule has 116 valence electrons. The van der Waals surface area contributed by atoms with Crippen molar-refractivity contribution < 1.29 is 4.79 Å². The number of aryl methyl sites for hydroxylation is 1. The van der Waals surface area contributed by atoms with Gasteiger partial charge in [0, 0.05) is 17.8 Å². The van der Waals surface area contributed by atoms with Gasteiger partial charge in [0.2, 0.25) is 0 Å². The molecule has 2 rings (SSSR count). The number of nitrogen functional groups attached to an aromatic ring is 1. The van der Waals surface area contributed by atoms with Crippen LogP contribution in [-0.2, 0) is 0 Å². The molecule has 0 spiro atoms. The minimum Gasteiger partial charge on any atom is -0.399 e. The standard InChI is InChI=1S/C18H23N3O/c1-13-7-9-14(10-8-13)17(21(2)3)12-20-18(22)15-5-4-6-16(19)11-15/h4-11,17H,12,19H2,1-3H3,(H,20,22). The maximum Gasteiger partial charge on any atom is 0.251 e. The number of anilines is 1. The molecule has 1 unspecified atom stereocenters. The van der Waals surface area contributed by atoms with Gasteiger partial charge in [-0.2, -0.15) is 0 Å². The predicted molar refractivity (Wildman–Crippen MR) is 90.8 cm³/mol. The van der Waals surface area contributed by atoms with Gasteiger partial charge in [0.1, 0.15) is 0 Å². The first-order chi connectivity index (χ1) is 10.5. The van der Waals surface area contributed by atoms with Crippen LogP contribution in [0.15, 0.2) is 48.5 Å². The number of nitrogens with two attached hydrogens (primary N) is 1. The summed E-state index contributed by atoms with van der Waals surface area (Å²) in [6.07, 6.45) is 0. The van der Waals surface area contributed by atoms with Crippen LogP contribution in [0.5, 0.6) is 0 Å². The average molecular weight is 297 g/mol. The Labute approximate surface area is 131 Å². The van der Waals surface area contributed by atoms with Crippen molar-refractivity contribution >= 4 is 11.6 Å². The lowest BCUT2D eigenvalue weighted by atomic mass is 10.0. The minimum absolute atomic E-state index is 0.105. The van der Waals surface area contributed by atoms with Gasteiger partial charge in [0.25, 0.3) is 5.91 Å². The number of benzene rings is 2. The first-order valence-corrected chi connectivity index (χ1v) is 7.34. The molecule has 0 radical (unpaired) electrons. The fraction of sp³-hybridized carbons (Fsp3) is 0.278. The molecule has 2 aromatic carbocycles. The molecule has 22 heavy (non-hydrogen) atoms. The van der Waals surface area contributed by atoms with Gasteiger partial charge in [0.05, 0.1) is 6.04 Å². The van der Waals surface area contributed by atoms with Gasteiger partial charge >= 0.3 is 0 Å². The molecule has 4 heteroatoms. The van der Waals surface area contributed by atoms with Crippen molar-refractivity contribution in [3.8, 4) is 0 Å². The van der Waals surface area contributed by atoms with E-state index in [4.69, 9.17) is 5.73 Å². The van der Waals surface area contributed by atoms with E-state index in [0.717, 1.165) is 0 Å². The van der Waals surface area contributed by atoms with Gasteiger partial charge in [-0.25, -0.2) is 0 Å². The first kappa shape index (κ1) is 16.0. The number of rotatable bonds is 5. The van der Waals surface area contributed by atoms with E-state index >= 15 is 0 Å². The lowest BCUT2D eigenvalue weighted by molar-refractivity contribution is 0.0942. The van der Waals surface area contributed by atoms with E-state index in [9.17, 15) is 4.79 Å². The summed E-state index contributed by atoms with van der Waals surface area (Å²) in [5.74, 6) is -0.105. The van der Waals surface area contributed by atoms with Crippen molar-refractivity contribution in [1.82, 2.24) is 10.2 Å². The zero-order chi connectivity index (χ0) is 16.1. The number of carbonyl (C=O) groups is 1. The normalized spacial score (nSPS) is 12.2. The second-order valence-corrected chi connectivity index (χ2v) is 5.73. The van der Waals surface area contributed by atoms with Gasteiger partial charge in [-0.05, 0) is 44.8 Å². The first-order valence-electron chi connectivity index (χ1n) is 7.34. The van der Waals surface area contributed by atoms with Gasteiger partial charge in [0.15, 0.2) is 0 Å². The lowest BCUT2D eigenvalue weighted by Crippen LogP contribution is -2.34. The molecule has 3 N–H and O–H groups in total. The second-order valence-electron chi connectivity index (χ2n) is 5.73. The lowest BCUT2D eigenvalue weighted by Gasteiger charge is -2.25. The molecule has 0 aliphatic carbocycles. The van der Waals surface area contributed by atoms with E-state index in [1.165, 1.54) is 11.1 Å². The SMILES string of the molecule is Cc1ccc(C(CNC(=O)c2cccc(N)c2)N(C)C)cc1. The van der Waals surface area contributed by atoms with Gasteiger partial charge in [-0.1, -0.05) is 35.9 Å². The number of nitrogens with zero attached hydrogens (tertiary/aromatic N) is 1. The fourth-order valence-electron chi connectivity index (χ4n) is 2.36. The third kappa shape index (κ3) is 4.09. The van der Waals surface area contributed by atoms with E-state index in [2.05, 4.69) is 41.4 Å². The quantitative estimate of drug-likeness (QED) is 0.834. The van der Waals surface area contributed by atoms with E-state index in [1.807, 2.05) is 14.1 Å². The molecule has 0 aliphatic heterocycles. The molecular weight excluding hydrogens is 274 g/mol. The van der Waals surface area contributed by atoms with Crippen LogP contribution in [0.25, 0.3) is 0 Å². The zero-order valence-electron chi connectivity index (χ0n) is 13.3. The van der Waals surface area contributed by atoms with Gasteiger partial charge < -0.3 is 16.0 Å². The summed E-state index contributed by atoms with van der Waals surface area (Å²) < 4.78 is 0. The third-order valence-electron chi connectivity index (χ3n) is 3.69. The highest BCUT2D eigenvalue weighted by molar-refractivity contribution is 5.95. The van der Waals surface area contributed by atoms with Crippen LogP contribution in [0.1, 0.15) is 27.5 Å². The Kier molecular flexibility index (Phi) is 5.17. The number of amides is 1. The number of nitrogens with one attached hydrogen (secondary N) is 1. The molecule has 0 aliphatic rings. The van der Waals surface area contributed by atoms with Crippen molar-refractivity contribution in [3.05, 3.63) is 65.2 Å². The van der Waals surface area contributed by atoms with Crippen LogP contribution >= 0.6 is 0 Å². The zero-order valence-corrected chi connectivity index (χ0v) is 13.3. The molecule has 0 fully saturated rings. The molecule has 4 nitrogen and oxygen atoms in total. The van der Waals surface area contributed by atoms with E-state index in [0.29, 0.717) is 17.8 Å². The Balaban J connectivity index is 2.06. The van der Waals surface area contributed by atoms with Crippen molar-refractivity contribution in [2.75, 3.05) is 26.4 Å².